The molecule has 2 bridgehead atoms. The number of nitrogens with zero attached hydrogens (tertiary/aromatic N) is 3. The lowest BCUT2D eigenvalue weighted by Crippen LogP contribution is -2.45. The number of rotatable bonds is 5. The summed E-state index contributed by atoms with van der Waals surface area (Å²) in [6.07, 6.45) is 9.20. The first-order valence-electron chi connectivity index (χ1n) is 11.3. The van der Waals surface area contributed by atoms with Crippen LogP contribution in [-0.2, 0) is 11.2 Å². The number of hydrogen-bond acceptors (Lipinski definition) is 5. The van der Waals surface area contributed by atoms with Crippen molar-refractivity contribution in [1.29, 1.82) is 0 Å². The normalized spacial score (nSPS) is 24.4. The number of halogens is 1. The van der Waals surface area contributed by atoms with Gasteiger partial charge in [0.1, 0.15) is 17.2 Å². The number of carbonyl (C=O) groups is 1. The number of H-pyrrole nitrogens is 1. The van der Waals surface area contributed by atoms with Gasteiger partial charge in [-0.15, -0.1) is 0 Å². The third kappa shape index (κ3) is 3.50. The van der Waals surface area contributed by atoms with Crippen LogP contribution in [0.25, 0.3) is 33.9 Å². The fourth-order valence-electron chi connectivity index (χ4n) is 5.93. The van der Waals surface area contributed by atoms with Gasteiger partial charge in [-0.1, -0.05) is 0 Å². The van der Waals surface area contributed by atoms with E-state index in [1.54, 1.807) is 18.5 Å². The fourth-order valence-corrected chi connectivity index (χ4v) is 5.93. The minimum absolute atomic E-state index is 0.0456. The van der Waals surface area contributed by atoms with Gasteiger partial charge in [0, 0.05) is 22.8 Å². The van der Waals surface area contributed by atoms with Crippen LogP contribution in [0.3, 0.4) is 0 Å². The number of carboxylic acids is 1. The van der Waals surface area contributed by atoms with E-state index in [1.165, 1.54) is 12.3 Å². The van der Waals surface area contributed by atoms with Gasteiger partial charge in [0.05, 0.1) is 18.4 Å². The van der Waals surface area contributed by atoms with Crippen LogP contribution in [0.5, 0.6) is 0 Å². The standard InChI is InChI=1S/C25H23FN4O3/c26-15-8-18-19(12-28-23(18)27-11-15)24-29-16(10-20(30-24)21-2-1-7-33-21)9-17-13-3-5-14(6-4-13)22(17)25(31)32/h1-2,7-8,10-14,17,22H,3-6,9H2,(H,27,28)(H,31,32). The highest BCUT2D eigenvalue weighted by molar-refractivity contribution is 5.91. The third-order valence-corrected chi connectivity index (χ3v) is 7.41. The molecule has 7 nitrogen and oxygen atoms in total. The summed E-state index contributed by atoms with van der Waals surface area (Å²) in [4.78, 5) is 28.8. The Morgan fingerprint density at radius 1 is 1.18 bits per heavy atom. The number of nitrogens with one attached hydrogen (secondary N) is 1. The van der Waals surface area contributed by atoms with Crippen molar-refractivity contribution >= 4 is 17.0 Å². The lowest BCUT2D eigenvalue weighted by Gasteiger charge is -2.46. The highest BCUT2D eigenvalue weighted by Gasteiger charge is 2.47. The number of hydrogen-bond donors (Lipinski definition) is 2. The Bertz CT molecular complexity index is 1320. The van der Waals surface area contributed by atoms with Crippen molar-refractivity contribution in [2.24, 2.45) is 23.7 Å². The number of furan rings is 1. The highest BCUT2D eigenvalue weighted by atomic mass is 19.1. The molecule has 0 amide bonds. The van der Waals surface area contributed by atoms with Gasteiger partial charge in [0.2, 0.25) is 0 Å². The Morgan fingerprint density at radius 2 is 2.00 bits per heavy atom. The largest absolute Gasteiger partial charge is 0.481 e. The second kappa shape index (κ2) is 7.79. The smallest absolute Gasteiger partial charge is 0.307 e. The molecule has 168 valence electrons. The Kier molecular flexibility index (Phi) is 4.74. The number of pyridine rings is 1. The molecule has 3 aliphatic rings. The van der Waals surface area contributed by atoms with Gasteiger partial charge in [-0.05, 0) is 74.1 Å². The van der Waals surface area contributed by atoms with Crippen LogP contribution in [0.15, 0.2) is 47.3 Å². The molecule has 8 heteroatoms. The van der Waals surface area contributed by atoms with Gasteiger partial charge in [0.25, 0.3) is 0 Å². The van der Waals surface area contributed by atoms with E-state index in [0.29, 0.717) is 46.2 Å². The molecule has 0 aliphatic heterocycles. The highest BCUT2D eigenvalue weighted by Crippen LogP contribution is 2.50. The maximum atomic E-state index is 13.9. The van der Waals surface area contributed by atoms with Crippen LogP contribution in [0.2, 0.25) is 0 Å². The van der Waals surface area contributed by atoms with Gasteiger partial charge < -0.3 is 14.5 Å². The zero-order valence-electron chi connectivity index (χ0n) is 17.9. The van der Waals surface area contributed by atoms with Crippen molar-refractivity contribution in [2.45, 2.75) is 32.1 Å². The van der Waals surface area contributed by atoms with Gasteiger partial charge in [-0.25, -0.2) is 19.3 Å². The minimum Gasteiger partial charge on any atom is -0.481 e. The van der Waals surface area contributed by atoms with E-state index in [1.807, 2.05) is 12.1 Å². The van der Waals surface area contributed by atoms with E-state index in [-0.39, 0.29) is 17.8 Å². The van der Waals surface area contributed by atoms with Gasteiger partial charge in [-0.3, -0.25) is 4.79 Å². The summed E-state index contributed by atoms with van der Waals surface area (Å²) in [7, 11) is 0. The monoisotopic (exact) mass is 446 g/mol. The summed E-state index contributed by atoms with van der Waals surface area (Å²) in [5.41, 5.74) is 2.59. The van der Waals surface area contributed by atoms with E-state index >= 15 is 0 Å². The maximum absolute atomic E-state index is 13.9. The molecule has 4 aromatic heterocycles. The molecule has 4 heterocycles. The van der Waals surface area contributed by atoms with Crippen LogP contribution < -0.4 is 0 Å². The molecule has 2 atom stereocenters. The first-order valence-corrected chi connectivity index (χ1v) is 11.3. The molecule has 0 spiro atoms. The van der Waals surface area contributed by atoms with E-state index in [4.69, 9.17) is 14.4 Å². The third-order valence-electron chi connectivity index (χ3n) is 7.41. The molecular weight excluding hydrogens is 423 g/mol. The zero-order valence-corrected chi connectivity index (χ0v) is 17.9. The average Bonchev–Trinajstić information content (AvgIpc) is 3.49. The summed E-state index contributed by atoms with van der Waals surface area (Å²) >= 11 is 0. The Hall–Kier alpha value is -3.55. The average molecular weight is 446 g/mol. The van der Waals surface area contributed by atoms with Crippen molar-refractivity contribution in [3.8, 4) is 22.8 Å². The van der Waals surface area contributed by atoms with E-state index in [2.05, 4.69) is 9.97 Å². The lowest BCUT2D eigenvalue weighted by atomic mass is 9.57. The molecule has 7 rings (SSSR count). The second-order valence-electron chi connectivity index (χ2n) is 9.20. The van der Waals surface area contributed by atoms with E-state index < -0.39 is 11.8 Å². The zero-order chi connectivity index (χ0) is 22.5. The Labute approximate surface area is 189 Å². The number of aliphatic carboxylic acids is 1. The Balaban J connectivity index is 1.45. The number of carboxylic acid groups (broad SMARTS) is 1. The summed E-state index contributed by atoms with van der Waals surface area (Å²) < 4.78 is 19.5. The molecule has 3 fully saturated rings. The summed E-state index contributed by atoms with van der Waals surface area (Å²) in [5.74, 6) is 0.244. The molecular formula is C25H23FN4O3. The molecule has 3 aliphatic carbocycles. The molecule has 33 heavy (non-hydrogen) atoms. The molecule has 0 aromatic carbocycles. The van der Waals surface area contributed by atoms with Gasteiger partial charge in [-0.2, -0.15) is 0 Å². The molecule has 2 N–H and O–H groups in total. The van der Waals surface area contributed by atoms with Gasteiger partial charge in [0.15, 0.2) is 11.6 Å². The predicted octanol–water partition coefficient (Wildman–Crippen LogP) is 5.10. The molecule has 0 saturated heterocycles. The first-order chi connectivity index (χ1) is 16.1. The van der Waals surface area contributed by atoms with Crippen molar-refractivity contribution in [2.75, 3.05) is 0 Å². The van der Waals surface area contributed by atoms with Crippen LogP contribution in [0, 0.1) is 29.5 Å². The number of aromatic nitrogens is 4. The summed E-state index contributed by atoms with van der Waals surface area (Å²) in [5, 5.41) is 10.6. The number of fused-ring (bicyclic) bond motifs is 4. The number of aromatic amines is 1. The summed E-state index contributed by atoms with van der Waals surface area (Å²) in [6, 6.07) is 6.92. The lowest BCUT2D eigenvalue weighted by molar-refractivity contribution is -0.152. The topological polar surface area (TPSA) is 105 Å². The molecule has 2 unspecified atom stereocenters. The van der Waals surface area contributed by atoms with Crippen LogP contribution in [0.1, 0.15) is 31.4 Å². The maximum Gasteiger partial charge on any atom is 0.307 e. The quantitative estimate of drug-likeness (QED) is 0.442. The van der Waals surface area contributed by atoms with Crippen LogP contribution >= 0.6 is 0 Å². The first kappa shape index (κ1) is 20.1. The van der Waals surface area contributed by atoms with E-state index in [0.717, 1.165) is 31.4 Å². The van der Waals surface area contributed by atoms with Crippen molar-refractivity contribution in [3.63, 3.8) is 0 Å². The fraction of sp³-hybridized carbons (Fsp3) is 0.360. The Morgan fingerprint density at radius 3 is 2.76 bits per heavy atom. The van der Waals surface area contributed by atoms with Crippen LogP contribution in [-0.4, -0.2) is 31.0 Å². The van der Waals surface area contributed by atoms with Crippen molar-refractivity contribution in [3.05, 3.63) is 54.4 Å². The minimum atomic E-state index is -0.701. The molecule has 4 aromatic rings. The second-order valence-corrected chi connectivity index (χ2v) is 9.20. The molecule has 0 radical (unpaired) electrons. The van der Waals surface area contributed by atoms with E-state index in [9.17, 15) is 14.3 Å². The van der Waals surface area contributed by atoms with Crippen LogP contribution in [0.4, 0.5) is 4.39 Å². The summed E-state index contributed by atoms with van der Waals surface area (Å²) in [6.45, 7) is 0. The van der Waals surface area contributed by atoms with Gasteiger partial charge >= 0.3 is 5.97 Å². The van der Waals surface area contributed by atoms with Crippen molar-refractivity contribution in [1.82, 2.24) is 19.9 Å². The predicted molar refractivity (Wildman–Crippen MR) is 119 cm³/mol. The molecule has 3 saturated carbocycles. The van der Waals surface area contributed by atoms with Crippen molar-refractivity contribution < 1.29 is 18.7 Å². The SMILES string of the molecule is O=C(O)C1C2CCC(CC2)C1Cc1cc(-c2ccco2)nc(-c2c[nH]c3ncc(F)cc23)n1.